The minimum atomic E-state index is -3.82. The second kappa shape index (κ2) is 40.8. The van der Waals surface area contributed by atoms with Crippen molar-refractivity contribution < 1.29 is 106 Å². The van der Waals surface area contributed by atoms with Crippen molar-refractivity contribution in [2.24, 2.45) is 4.52 Å². The van der Waals surface area contributed by atoms with Crippen LogP contribution in [0.5, 0.6) is 0 Å². The number of aldehydes is 3. The summed E-state index contributed by atoms with van der Waals surface area (Å²) >= 11 is 0. The maximum atomic E-state index is 11.1. The smallest absolute Gasteiger partial charge is 0.438 e. The lowest BCUT2D eigenvalue weighted by atomic mass is 10.2. The number of sulfonamides is 1. The number of aromatic nitrogens is 2. The first kappa shape index (κ1) is 53.1. The normalized spacial score (nSPS) is 9.98. The highest BCUT2D eigenvalue weighted by Crippen LogP contribution is 2.12. The van der Waals surface area contributed by atoms with E-state index in [0.717, 1.165) is 32.6 Å². The Labute approximate surface area is 369 Å². The highest BCUT2D eigenvalue weighted by Gasteiger charge is 2.18. The number of carbonyl (C=O) groups excluding carboxylic acids is 9. The molecule has 0 aliphatic rings. The van der Waals surface area contributed by atoms with E-state index in [4.69, 9.17) is 28.3 Å². The lowest BCUT2D eigenvalue weighted by molar-refractivity contribution is -0.145. The molecule has 0 fully saturated rings. The van der Waals surface area contributed by atoms with Gasteiger partial charge in [-0.2, -0.15) is 10.1 Å². The zero-order valence-corrected chi connectivity index (χ0v) is 34.0. The number of nitrogens with zero attached hydrogens (tertiary/aromatic N) is 8. The summed E-state index contributed by atoms with van der Waals surface area (Å²) in [7, 11) is 1.89. The molecule has 29 nitrogen and oxygen atoms in total. The van der Waals surface area contributed by atoms with Gasteiger partial charge in [0.1, 0.15) is 38.4 Å². The zero-order valence-electron chi connectivity index (χ0n) is 38.2. The summed E-state index contributed by atoms with van der Waals surface area (Å²) in [5, 5.41) is 17.9. The molecule has 0 spiro atoms. The highest BCUT2D eigenvalue weighted by atomic mass is 32.2. The van der Waals surface area contributed by atoms with Crippen LogP contribution in [0.15, 0.2) is 67.8 Å². The molecule has 1 atom stereocenters. The number of methoxy groups -OCH3 is 5. The molecule has 0 saturated heterocycles. The second-order valence-corrected chi connectivity index (χ2v) is 10.7. The molecule has 2 aromatic heterocycles. The van der Waals surface area contributed by atoms with E-state index in [1.54, 1.807) is 18.2 Å². The van der Waals surface area contributed by atoms with Gasteiger partial charge in [0.05, 0.1) is 46.5 Å². The Morgan fingerprint density at radius 1 is 0.922 bits per heavy atom. The van der Waals surface area contributed by atoms with Crippen LogP contribution in [0.3, 0.4) is 0 Å². The predicted molar refractivity (Wildman–Crippen MR) is 208 cm³/mol. The third-order valence-electron chi connectivity index (χ3n) is 5.08. The molecule has 2 N–H and O–H groups in total. The van der Waals surface area contributed by atoms with Crippen LogP contribution in [0.1, 0.15) is 53.7 Å². The Morgan fingerprint density at radius 3 is 1.72 bits per heavy atom. The maximum absolute atomic E-state index is 11.1. The van der Waals surface area contributed by atoms with Crippen molar-refractivity contribution in [3.05, 3.63) is 82.5 Å². The topological polar surface area (TPSA) is 444 Å². The minimum absolute atomic E-state index is 0. The Morgan fingerprint density at radius 2 is 1.45 bits per heavy atom. The number of benzene rings is 1. The van der Waals surface area contributed by atoms with Crippen LogP contribution in [-0.4, -0.2) is 137 Å². The molecule has 1 unspecified atom stereocenters. The molecule has 0 aliphatic heterocycles. The fourth-order valence-corrected chi connectivity index (χ4v) is 2.94. The Kier molecular flexibility index (Phi) is 33.9. The minimum Gasteiger partial charge on any atom is -0.476 e. The third-order valence-corrected chi connectivity index (χ3v) is 6.24. The average molecular weight is 933 g/mol. The number of esters is 5. The molecule has 64 heavy (non-hydrogen) atoms. The van der Waals surface area contributed by atoms with Gasteiger partial charge in [-0.3, -0.25) is 19.2 Å². The molecule has 3 rings (SSSR count). The Balaban J connectivity index is -0.000000232. The molecule has 0 radical (unpaired) electrons. The van der Waals surface area contributed by atoms with Gasteiger partial charge in [0.25, 0.3) is 10.0 Å². The molecule has 0 saturated carbocycles. The molecule has 2 heterocycles. The molecule has 348 valence electrons. The first-order valence-corrected chi connectivity index (χ1v) is 16.8. The predicted octanol–water partition coefficient (Wildman–Crippen LogP) is 0.788. The van der Waals surface area contributed by atoms with E-state index >= 15 is 0 Å². The number of rotatable bonds is 13. The van der Waals surface area contributed by atoms with Crippen molar-refractivity contribution in [1.29, 1.82) is 5.26 Å². The van der Waals surface area contributed by atoms with Crippen LogP contribution >= 0.6 is 0 Å². The first-order valence-electron chi connectivity index (χ1n) is 17.9. The van der Waals surface area contributed by atoms with Crippen LogP contribution < -0.4 is 5.32 Å². The number of azide groups is 1. The van der Waals surface area contributed by atoms with Crippen LogP contribution in [0.4, 0.5) is 0 Å². The van der Waals surface area contributed by atoms with Crippen molar-refractivity contribution >= 4 is 76.7 Å². The van der Waals surface area contributed by atoms with E-state index in [0.29, 0.717) is 0 Å². The summed E-state index contributed by atoms with van der Waals surface area (Å²) in [4.78, 5) is 113. The second-order valence-electron chi connectivity index (χ2n) is 9.07. The lowest BCUT2D eigenvalue weighted by Gasteiger charge is -2.03. The molecule has 1 aromatic carbocycles. The van der Waals surface area contributed by atoms with E-state index < -0.39 is 89.0 Å². The van der Waals surface area contributed by atoms with E-state index in [1.807, 2.05) is 12.2 Å². The van der Waals surface area contributed by atoms with Crippen molar-refractivity contribution in [1.82, 2.24) is 15.3 Å². The first-order chi connectivity index (χ1) is 31.8. The summed E-state index contributed by atoms with van der Waals surface area (Å²) in [6, 6.07) is 6.22. The van der Waals surface area contributed by atoms with Crippen molar-refractivity contribution in [2.75, 3.05) is 35.5 Å². The van der Waals surface area contributed by atoms with Gasteiger partial charge in [0, 0.05) is 9.43 Å². The number of nitrogens with one attached hydrogen (secondary N) is 1. The molecule has 30 heteroatoms. The van der Waals surface area contributed by atoms with Crippen LogP contribution in [0, 0.1) is 18.3 Å². The highest BCUT2D eigenvalue weighted by molar-refractivity contribution is 7.90. The van der Waals surface area contributed by atoms with Gasteiger partial charge in [-0.1, -0.05) is 25.1 Å². The molecule has 1 amide bonds. The molecule has 0 bridgehead atoms. The van der Waals surface area contributed by atoms with E-state index in [2.05, 4.69) is 56.7 Å². The number of aryl methyl sites for hydroxylation is 1. The molecule has 3 aromatic rings. The number of amides is 1. The summed E-state index contributed by atoms with van der Waals surface area (Å²) < 4.78 is 87.2. The van der Waals surface area contributed by atoms with E-state index in [9.17, 15) is 56.4 Å². The number of nitriles is 1. The summed E-state index contributed by atoms with van der Waals surface area (Å²) in [5.41, 5.74) is 15.5. The van der Waals surface area contributed by atoms with Crippen molar-refractivity contribution in [3.8, 4) is 6.07 Å². The van der Waals surface area contributed by atoms with Crippen molar-refractivity contribution in [2.45, 2.75) is 38.1 Å². The van der Waals surface area contributed by atoms with Gasteiger partial charge in [-0.25, -0.2) is 37.6 Å². The van der Waals surface area contributed by atoms with Crippen LogP contribution in [0.2, 0.25) is 0 Å². The van der Waals surface area contributed by atoms with Gasteiger partial charge in [0.15, 0.2) is 36.5 Å². The number of oxazole rings is 2. The van der Waals surface area contributed by atoms with Gasteiger partial charge < -0.3 is 58.1 Å². The Hall–Kier alpha value is -8.93. The summed E-state index contributed by atoms with van der Waals surface area (Å²) in [6.45, 7) is 1.84. The SMILES string of the molecule is C.COC(=O)CC#N.Cc1ccc(S(=O)(=O)N=[N+]=[N-])cc1.[2H]C(=O)C(=[N+]=[N-])C(=O)OC.[2H]C(=O)C(NC=O)C(=O)OC.[2H]C(=O)CC(=O)OC.[2H]c1ocnc1C(=O)O.[2H]c1ocnc1C(=O)OC. The molecule has 0 aliphatic carbocycles. The number of ether oxygens (including phenoxy) is 5. The van der Waals surface area contributed by atoms with Gasteiger partial charge in [-0.15, -0.1) is 0 Å². The van der Waals surface area contributed by atoms with Crippen LogP contribution in [-0.2, 0) is 72.1 Å². The zero-order chi connectivity index (χ0) is 53.6. The van der Waals surface area contributed by atoms with Gasteiger partial charge in [0.2, 0.25) is 12.7 Å². The monoisotopic (exact) mass is 932 g/mol. The summed E-state index contributed by atoms with van der Waals surface area (Å²) in [6.07, 6.45) is -2.69. The fourth-order valence-electron chi connectivity index (χ4n) is 2.27. The average Bonchev–Trinajstić information content (AvgIpc) is 3.93. The maximum Gasteiger partial charge on any atom is 0.438 e. The number of hydrogen-bond acceptors (Lipinski definition) is 22. The number of hydrogen-bond donors (Lipinski definition) is 2. The Bertz CT molecular complexity index is 2450. The number of carboxylic acids is 1. The van der Waals surface area contributed by atoms with Crippen molar-refractivity contribution in [3.63, 3.8) is 0 Å². The number of carbonyl (C=O) groups is 10. The van der Waals surface area contributed by atoms with E-state index in [-0.39, 0.29) is 42.8 Å². The van der Waals surface area contributed by atoms with Crippen LogP contribution in [0.25, 0.3) is 16.0 Å². The summed E-state index contributed by atoms with van der Waals surface area (Å²) in [5.74, 6) is -5.11. The fraction of sp³-hybridized carbons (Fsp3) is 0.294. The van der Waals surface area contributed by atoms with E-state index in [1.165, 1.54) is 33.5 Å². The third kappa shape index (κ3) is 33.0. The quantitative estimate of drug-likeness (QED) is 0.0349. The standard InChI is InChI=1S/C7H7N3O2S.C5H7NO4.C5H5NO3.C4H4N2O3.C4H3NO3.C4H5NO2.C4H6O3.CH4/c1-6-2-4-7(5-3-6)13(11,12)10-9-8;1-10-5(9)4(2-7)6-3-8;1-8-5(7)4-2-9-3-6-4;1-9-4(8)3(2-7)6-5;6-4(7)3-1-8-2-5-3;2*1-7-4(6)2-3-5;/h2-5H,1H3;2-4H,1H3,(H,6,8);2-3H,1H3;2H,1H3;1-2H,(H,6,7);2H2,1H3;3H,2H2,1H3;1H4/i;3*2D;1D;;3D;. The molecular formula is C34H41N9O20S. The lowest BCUT2D eigenvalue weighted by Crippen LogP contribution is -2.37. The van der Waals surface area contributed by atoms with Gasteiger partial charge in [-0.05, 0) is 24.6 Å². The number of carboxylic acid groups (broad SMARTS) is 1. The number of aromatic carboxylic acids is 1. The largest absolute Gasteiger partial charge is 0.476 e. The van der Waals surface area contributed by atoms with Gasteiger partial charge >= 0.3 is 41.5 Å². The molecular weight excluding hydrogens is 886 g/mol.